The summed E-state index contributed by atoms with van der Waals surface area (Å²) in [5.74, 6) is 0.653. The van der Waals surface area contributed by atoms with Crippen molar-refractivity contribution in [1.82, 2.24) is 9.97 Å². The molecule has 13 heavy (non-hydrogen) atoms. The van der Waals surface area contributed by atoms with Crippen molar-refractivity contribution in [3.63, 3.8) is 0 Å². The molecule has 3 nitrogen and oxygen atoms in total. The fourth-order valence-corrected chi connectivity index (χ4v) is 1.73. The largest absolute Gasteiger partial charge is 0.357 e. The Morgan fingerprint density at radius 3 is 2.62 bits per heavy atom. The van der Waals surface area contributed by atoms with Crippen LogP contribution in [0.5, 0.6) is 0 Å². The molecule has 66 valence electrons. The van der Waals surface area contributed by atoms with Gasteiger partial charge in [0.05, 0.1) is 0 Å². The number of nitrogens with one attached hydrogen (secondary N) is 1. The van der Waals surface area contributed by atoms with Crippen LogP contribution in [0, 0.1) is 0 Å². The van der Waals surface area contributed by atoms with Gasteiger partial charge in [0.2, 0.25) is 5.95 Å². The Kier molecular flexibility index (Phi) is 2.23. The highest BCUT2D eigenvalue weighted by Crippen LogP contribution is 2.22. The van der Waals surface area contributed by atoms with Gasteiger partial charge in [0.25, 0.3) is 0 Å². The molecule has 0 amide bonds. The van der Waals surface area contributed by atoms with Gasteiger partial charge in [0, 0.05) is 29.9 Å². The normalized spacial score (nSPS) is 9.92. The smallest absolute Gasteiger partial charge is 0.222 e. The second kappa shape index (κ2) is 3.53. The first kappa shape index (κ1) is 8.19. The van der Waals surface area contributed by atoms with Gasteiger partial charge in [-0.25, -0.2) is 9.97 Å². The zero-order chi connectivity index (χ0) is 9.10. The molecule has 0 aliphatic rings. The first-order valence-corrected chi connectivity index (χ1v) is 4.82. The Bertz CT molecular complexity index is 366. The summed E-state index contributed by atoms with van der Waals surface area (Å²) in [5, 5.41) is 4.92. The van der Waals surface area contributed by atoms with E-state index in [-0.39, 0.29) is 0 Å². The molecular formula is C9H9N3S. The SMILES string of the molecule is CNc1ncc(-c2cccs2)cn1. The predicted molar refractivity (Wildman–Crippen MR) is 54.9 cm³/mol. The van der Waals surface area contributed by atoms with Crippen molar-refractivity contribution in [3.8, 4) is 10.4 Å². The van der Waals surface area contributed by atoms with Crippen molar-refractivity contribution in [2.45, 2.75) is 0 Å². The minimum Gasteiger partial charge on any atom is -0.357 e. The highest BCUT2D eigenvalue weighted by molar-refractivity contribution is 7.13. The van der Waals surface area contributed by atoms with E-state index < -0.39 is 0 Å². The molecule has 2 rings (SSSR count). The molecule has 0 radical (unpaired) electrons. The molecule has 1 N–H and O–H groups in total. The van der Waals surface area contributed by atoms with Crippen LogP contribution in [0.25, 0.3) is 10.4 Å². The summed E-state index contributed by atoms with van der Waals surface area (Å²) in [6.07, 6.45) is 3.65. The summed E-state index contributed by atoms with van der Waals surface area (Å²) in [6, 6.07) is 4.08. The lowest BCUT2D eigenvalue weighted by Crippen LogP contribution is -1.94. The van der Waals surface area contributed by atoms with E-state index in [9.17, 15) is 0 Å². The first-order valence-electron chi connectivity index (χ1n) is 3.94. The van der Waals surface area contributed by atoms with E-state index in [0.29, 0.717) is 5.95 Å². The van der Waals surface area contributed by atoms with Crippen molar-refractivity contribution in [2.75, 3.05) is 12.4 Å². The molecule has 0 unspecified atom stereocenters. The molecule has 0 aromatic carbocycles. The van der Waals surface area contributed by atoms with E-state index in [0.717, 1.165) is 5.56 Å². The molecule has 0 saturated carbocycles. The van der Waals surface area contributed by atoms with Gasteiger partial charge in [0.1, 0.15) is 0 Å². The fourth-order valence-electron chi connectivity index (χ4n) is 1.03. The summed E-state index contributed by atoms with van der Waals surface area (Å²) >= 11 is 1.69. The van der Waals surface area contributed by atoms with Gasteiger partial charge in [0.15, 0.2) is 0 Å². The van der Waals surface area contributed by atoms with Crippen LogP contribution in [0.3, 0.4) is 0 Å². The third kappa shape index (κ3) is 1.67. The Labute approximate surface area is 80.5 Å². The van der Waals surface area contributed by atoms with E-state index >= 15 is 0 Å². The van der Waals surface area contributed by atoms with Crippen LogP contribution in [-0.4, -0.2) is 17.0 Å². The molecular weight excluding hydrogens is 182 g/mol. The summed E-state index contributed by atoms with van der Waals surface area (Å²) in [5.41, 5.74) is 1.06. The number of thiophene rings is 1. The van der Waals surface area contributed by atoms with Gasteiger partial charge in [-0.05, 0) is 11.4 Å². The Hall–Kier alpha value is -1.42. The predicted octanol–water partition coefficient (Wildman–Crippen LogP) is 2.25. The van der Waals surface area contributed by atoms with Crippen molar-refractivity contribution < 1.29 is 0 Å². The molecule has 0 fully saturated rings. The number of nitrogens with zero attached hydrogens (tertiary/aromatic N) is 2. The Morgan fingerprint density at radius 2 is 2.08 bits per heavy atom. The summed E-state index contributed by atoms with van der Waals surface area (Å²) < 4.78 is 0. The van der Waals surface area contributed by atoms with E-state index in [1.807, 2.05) is 23.8 Å². The topological polar surface area (TPSA) is 37.8 Å². The Morgan fingerprint density at radius 1 is 1.31 bits per heavy atom. The summed E-state index contributed by atoms with van der Waals surface area (Å²) in [7, 11) is 1.81. The van der Waals surface area contributed by atoms with Gasteiger partial charge in [-0.3, -0.25) is 0 Å². The zero-order valence-electron chi connectivity index (χ0n) is 7.19. The van der Waals surface area contributed by atoms with Gasteiger partial charge >= 0.3 is 0 Å². The van der Waals surface area contributed by atoms with E-state index in [4.69, 9.17) is 0 Å². The lowest BCUT2D eigenvalue weighted by molar-refractivity contribution is 1.15. The summed E-state index contributed by atoms with van der Waals surface area (Å²) in [6.45, 7) is 0. The number of rotatable bonds is 2. The van der Waals surface area contributed by atoms with Crippen molar-refractivity contribution in [1.29, 1.82) is 0 Å². The third-order valence-corrected chi connectivity index (χ3v) is 2.60. The van der Waals surface area contributed by atoms with Gasteiger partial charge in [-0.15, -0.1) is 11.3 Å². The minimum atomic E-state index is 0.653. The second-order valence-corrected chi connectivity index (χ2v) is 3.47. The maximum Gasteiger partial charge on any atom is 0.222 e. The minimum absolute atomic E-state index is 0.653. The average molecular weight is 191 g/mol. The first-order chi connectivity index (χ1) is 6.40. The lowest BCUT2D eigenvalue weighted by atomic mass is 10.3. The molecule has 2 heterocycles. The van der Waals surface area contributed by atoms with Gasteiger partial charge < -0.3 is 5.32 Å². The molecule has 4 heteroatoms. The molecule has 0 atom stereocenters. The molecule has 0 aliphatic carbocycles. The van der Waals surface area contributed by atoms with E-state index in [2.05, 4.69) is 21.4 Å². The molecule has 0 bridgehead atoms. The van der Waals surface area contributed by atoms with Crippen LogP contribution in [0.2, 0.25) is 0 Å². The number of anilines is 1. The van der Waals surface area contributed by atoms with Crippen LogP contribution in [0.4, 0.5) is 5.95 Å². The quantitative estimate of drug-likeness (QED) is 0.791. The third-order valence-electron chi connectivity index (χ3n) is 1.68. The van der Waals surface area contributed by atoms with Crippen LogP contribution in [-0.2, 0) is 0 Å². The molecule has 0 saturated heterocycles. The monoisotopic (exact) mass is 191 g/mol. The second-order valence-electron chi connectivity index (χ2n) is 2.52. The lowest BCUT2D eigenvalue weighted by Gasteiger charge is -1.98. The van der Waals surface area contributed by atoms with Crippen molar-refractivity contribution >= 4 is 17.3 Å². The number of aromatic nitrogens is 2. The van der Waals surface area contributed by atoms with Crippen LogP contribution in [0.1, 0.15) is 0 Å². The van der Waals surface area contributed by atoms with Crippen LogP contribution in [0.15, 0.2) is 29.9 Å². The fraction of sp³-hybridized carbons (Fsp3) is 0.111. The molecule has 2 aromatic rings. The number of hydrogen-bond donors (Lipinski definition) is 1. The molecule has 2 aromatic heterocycles. The van der Waals surface area contributed by atoms with Crippen molar-refractivity contribution in [2.24, 2.45) is 0 Å². The maximum absolute atomic E-state index is 4.14. The molecule has 0 spiro atoms. The van der Waals surface area contributed by atoms with Crippen LogP contribution < -0.4 is 5.32 Å². The van der Waals surface area contributed by atoms with Crippen LogP contribution >= 0.6 is 11.3 Å². The summed E-state index contributed by atoms with van der Waals surface area (Å²) in [4.78, 5) is 9.47. The Balaban J connectivity index is 2.33. The number of hydrogen-bond acceptors (Lipinski definition) is 4. The van der Waals surface area contributed by atoms with Gasteiger partial charge in [-0.2, -0.15) is 0 Å². The zero-order valence-corrected chi connectivity index (χ0v) is 8.01. The highest BCUT2D eigenvalue weighted by atomic mass is 32.1. The molecule has 0 aliphatic heterocycles. The maximum atomic E-state index is 4.14. The van der Waals surface area contributed by atoms with E-state index in [1.54, 1.807) is 18.4 Å². The highest BCUT2D eigenvalue weighted by Gasteiger charge is 1.99. The van der Waals surface area contributed by atoms with E-state index in [1.165, 1.54) is 4.88 Å². The van der Waals surface area contributed by atoms with Crippen molar-refractivity contribution in [3.05, 3.63) is 29.9 Å². The average Bonchev–Trinajstić information content (AvgIpc) is 2.71. The van der Waals surface area contributed by atoms with Gasteiger partial charge in [-0.1, -0.05) is 6.07 Å². The standard InChI is InChI=1S/C9H9N3S/c1-10-9-11-5-7(6-12-9)8-3-2-4-13-8/h2-6H,1H3,(H,10,11,12).